The molecule has 27 heavy (non-hydrogen) atoms. The molecule has 1 aromatic carbocycles. The lowest BCUT2D eigenvalue weighted by Gasteiger charge is -2.12. The molecule has 0 saturated carbocycles. The Balaban J connectivity index is 1.64. The van der Waals surface area contributed by atoms with Crippen molar-refractivity contribution in [1.82, 2.24) is 15.3 Å². The summed E-state index contributed by atoms with van der Waals surface area (Å²) in [6.07, 6.45) is 2.00. The quantitative estimate of drug-likeness (QED) is 0.775. The van der Waals surface area contributed by atoms with Crippen molar-refractivity contribution in [3.8, 4) is 5.75 Å². The summed E-state index contributed by atoms with van der Waals surface area (Å²) in [7, 11) is -3.05. The summed E-state index contributed by atoms with van der Waals surface area (Å²) in [5, 5.41) is 5.75. The van der Waals surface area contributed by atoms with E-state index in [1.807, 2.05) is 38.1 Å². The van der Waals surface area contributed by atoms with Crippen LogP contribution in [0, 0.1) is 0 Å². The number of nitrogens with one attached hydrogen (secondary N) is 2. The molecular weight excluding hydrogens is 368 g/mol. The van der Waals surface area contributed by atoms with Gasteiger partial charge in [0.1, 0.15) is 11.4 Å². The van der Waals surface area contributed by atoms with Crippen molar-refractivity contribution >= 4 is 27.4 Å². The van der Waals surface area contributed by atoms with E-state index in [0.29, 0.717) is 6.42 Å². The van der Waals surface area contributed by atoms with Crippen molar-refractivity contribution in [2.24, 2.45) is 0 Å². The number of hydrogen-bond acceptors (Lipinski definition) is 7. The highest BCUT2D eigenvalue weighted by molar-refractivity contribution is 7.91. The molecule has 9 heteroatoms. The highest BCUT2D eigenvalue weighted by Crippen LogP contribution is 2.19. The zero-order chi connectivity index (χ0) is 19.4. The zero-order valence-corrected chi connectivity index (χ0v) is 16.0. The Labute approximate surface area is 158 Å². The third-order valence-corrected chi connectivity index (χ3v) is 5.71. The maximum atomic E-state index is 12.3. The third-order valence-electron chi connectivity index (χ3n) is 3.94. The fourth-order valence-electron chi connectivity index (χ4n) is 2.73. The van der Waals surface area contributed by atoms with Crippen LogP contribution in [0.25, 0.3) is 0 Å². The van der Waals surface area contributed by atoms with Crippen LogP contribution in [-0.2, 0) is 9.84 Å². The number of amides is 1. The molecule has 1 aromatic heterocycles. The summed E-state index contributed by atoms with van der Waals surface area (Å²) in [4.78, 5) is 20.6. The minimum Gasteiger partial charge on any atom is -0.491 e. The Morgan fingerprint density at radius 2 is 1.96 bits per heavy atom. The number of sulfone groups is 1. The van der Waals surface area contributed by atoms with Gasteiger partial charge >= 0.3 is 0 Å². The second-order valence-corrected chi connectivity index (χ2v) is 8.88. The van der Waals surface area contributed by atoms with Crippen molar-refractivity contribution in [3.63, 3.8) is 0 Å². The zero-order valence-electron chi connectivity index (χ0n) is 15.2. The molecule has 0 radical (unpaired) electrons. The number of nitrogens with zero attached hydrogens (tertiary/aromatic N) is 2. The van der Waals surface area contributed by atoms with Gasteiger partial charge in [0.25, 0.3) is 5.91 Å². The highest BCUT2D eigenvalue weighted by Gasteiger charge is 2.29. The highest BCUT2D eigenvalue weighted by atomic mass is 32.2. The summed E-state index contributed by atoms with van der Waals surface area (Å²) in [5.74, 6) is 0.698. The Morgan fingerprint density at radius 3 is 2.59 bits per heavy atom. The molecule has 144 valence electrons. The lowest BCUT2D eigenvalue weighted by Crippen LogP contribution is -2.36. The van der Waals surface area contributed by atoms with Crippen molar-refractivity contribution < 1.29 is 17.9 Å². The number of aromatic nitrogens is 2. The number of benzene rings is 1. The summed E-state index contributed by atoms with van der Waals surface area (Å²) in [5.41, 5.74) is 0.933. The average Bonchev–Trinajstić information content (AvgIpc) is 2.95. The molecule has 0 spiro atoms. The van der Waals surface area contributed by atoms with Crippen LogP contribution in [0.3, 0.4) is 0 Å². The van der Waals surface area contributed by atoms with E-state index in [9.17, 15) is 13.2 Å². The van der Waals surface area contributed by atoms with E-state index in [4.69, 9.17) is 4.74 Å². The molecule has 1 saturated heterocycles. The van der Waals surface area contributed by atoms with Crippen LogP contribution in [0.5, 0.6) is 5.75 Å². The minimum atomic E-state index is -3.05. The van der Waals surface area contributed by atoms with Crippen LogP contribution < -0.4 is 15.4 Å². The predicted octanol–water partition coefficient (Wildman–Crippen LogP) is 1.92. The molecule has 1 aliphatic rings. The van der Waals surface area contributed by atoms with Crippen LogP contribution in [0.4, 0.5) is 11.6 Å². The third kappa shape index (κ3) is 5.40. The van der Waals surface area contributed by atoms with Crippen LogP contribution >= 0.6 is 0 Å². The largest absolute Gasteiger partial charge is 0.491 e. The first-order valence-electron chi connectivity index (χ1n) is 8.69. The molecule has 1 unspecified atom stereocenters. The number of ether oxygens (including phenoxy) is 1. The monoisotopic (exact) mass is 390 g/mol. The van der Waals surface area contributed by atoms with Crippen molar-refractivity contribution in [1.29, 1.82) is 0 Å². The number of carbonyl (C=O) groups is 1. The molecule has 1 aliphatic heterocycles. The van der Waals surface area contributed by atoms with Crippen molar-refractivity contribution in [3.05, 3.63) is 42.2 Å². The molecule has 3 rings (SSSR count). The van der Waals surface area contributed by atoms with E-state index in [1.165, 1.54) is 12.3 Å². The van der Waals surface area contributed by atoms with Gasteiger partial charge in [-0.25, -0.2) is 18.4 Å². The Morgan fingerprint density at radius 1 is 1.22 bits per heavy atom. The van der Waals surface area contributed by atoms with E-state index in [0.717, 1.165) is 11.4 Å². The first kappa shape index (κ1) is 19.1. The van der Waals surface area contributed by atoms with Gasteiger partial charge in [0.05, 0.1) is 17.6 Å². The molecule has 0 aliphatic carbocycles. The van der Waals surface area contributed by atoms with Crippen LogP contribution in [0.1, 0.15) is 30.8 Å². The lowest BCUT2D eigenvalue weighted by molar-refractivity contribution is 0.0936. The summed E-state index contributed by atoms with van der Waals surface area (Å²) >= 11 is 0. The predicted molar refractivity (Wildman–Crippen MR) is 102 cm³/mol. The van der Waals surface area contributed by atoms with Gasteiger partial charge in [0.15, 0.2) is 9.84 Å². The summed E-state index contributed by atoms with van der Waals surface area (Å²) in [6, 6.07) is 8.44. The van der Waals surface area contributed by atoms with Gasteiger partial charge in [-0.05, 0) is 50.6 Å². The number of rotatable bonds is 6. The standard InChI is InChI=1S/C18H22N4O4S/c1-12(2)26-15-5-3-13(4-6-15)21-18-19-9-7-16(22-18)17(23)20-14-8-10-27(24,25)11-14/h3-7,9,12,14H,8,10-11H2,1-2H3,(H,20,23)(H,19,21,22). The second-order valence-electron chi connectivity index (χ2n) is 6.65. The molecule has 2 N–H and O–H groups in total. The lowest BCUT2D eigenvalue weighted by atomic mass is 10.2. The van der Waals surface area contributed by atoms with Gasteiger partial charge in [-0.2, -0.15) is 0 Å². The summed E-state index contributed by atoms with van der Waals surface area (Å²) in [6.45, 7) is 3.91. The Bertz CT molecular complexity index is 913. The molecule has 1 atom stereocenters. The maximum Gasteiger partial charge on any atom is 0.270 e. The van der Waals surface area contributed by atoms with Gasteiger partial charge in [0, 0.05) is 17.9 Å². The van der Waals surface area contributed by atoms with Crippen LogP contribution in [-0.4, -0.2) is 47.9 Å². The average molecular weight is 390 g/mol. The van der Waals surface area contributed by atoms with Gasteiger partial charge in [0.2, 0.25) is 5.95 Å². The minimum absolute atomic E-state index is 0.0280. The summed E-state index contributed by atoms with van der Waals surface area (Å²) < 4.78 is 28.6. The van der Waals surface area contributed by atoms with E-state index < -0.39 is 15.7 Å². The van der Waals surface area contributed by atoms with E-state index >= 15 is 0 Å². The topological polar surface area (TPSA) is 110 Å². The fraction of sp³-hybridized carbons (Fsp3) is 0.389. The first-order valence-corrected chi connectivity index (χ1v) is 10.5. The number of hydrogen-bond donors (Lipinski definition) is 2. The SMILES string of the molecule is CC(C)Oc1ccc(Nc2nccc(C(=O)NC3CCS(=O)(=O)C3)n2)cc1. The smallest absolute Gasteiger partial charge is 0.270 e. The van der Waals surface area contributed by atoms with Gasteiger partial charge in [-0.1, -0.05) is 0 Å². The van der Waals surface area contributed by atoms with Gasteiger partial charge < -0.3 is 15.4 Å². The number of carbonyl (C=O) groups excluding carboxylic acids is 1. The molecule has 2 heterocycles. The van der Waals surface area contributed by atoms with E-state index in [-0.39, 0.29) is 35.3 Å². The molecule has 2 aromatic rings. The molecule has 0 bridgehead atoms. The molecule has 1 amide bonds. The Kier molecular flexibility index (Phi) is 5.59. The number of anilines is 2. The van der Waals surface area contributed by atoms with Crippen molar-refractivity contribution in [2.45, 2.75) is 32.4 Å². The van der Waals surface area contributed by atoms with Crippen LogP contribution in [0.15, 0.2) is 36.5 Å². The second kappa shape index (κ2) is 7.91. The van der Waals surface area contributed by atoms with Crippen molar-refractivity contribution in [2.75, 3.05) is 16.8 Å². The first-order chi connectivity index (χ1) is 12.8. The fourth-order valence-corrected chi connectivity index (χ4v) is 4.41. The molecule has 1 fully saturated rings. The van der Waals surface area contributed by atoms with E-state index in [2.05, 4.69) is 20.6 Å². The molecular formula is C18H22N4O4S. The van der Waals surface area contributed by atoms with Gasteiger partial charge in [-0.15, -0.1) is 0 Å². The molecule has 8 nitrogen and oxygen atoms in total. The van der Waals surface area contributed by atoms with Crippen LogP contribution in [0.2, 0.25) is 0 Å². The van der Waals surface area contributed by atoms with Gasteiger partial charge in [-0.3, -0.25) is 4.79 Å². The Hall–Kier alpha value is -2.68. The maximum absolute atomic E-state index is 12.3. The van der Waals surface area contributed by atoms with E-state index in [1.54, 1.807) is 0 Å². The normalized spacial score (nSPS) is 18.3.